The molecule has 0 spiro atoms. The van der Waals surface area contributed by atoms with Crippen LogP contribution in [0.25, 0.3) is 0 Å². The third kappa shape index (κ3) is 6.58. The Morgan fingerprint density at radius 1 is 1.08 bits per heavy atom. The van der Waals surface area contributed by atoms with E-state index in [0.717, 1.165) is 58.1 Å². The lowest BCUT2D eigenvalue weighted by molar-refractivity contribution is 0.0945. The summed E-state index contributed by atoms with van der Waals surface area (Å²) in [5, 5.41) is 14.5. The molecule has 0 saturated carbocycles. The predicted octanol–water partition coefficient (Wildman–Crippen LogP) is 0.945. The van der Waals surface area contributed by atoms with Crippen LogP contribution in [0.3, 0.4) is 0 Å². The number of halogens is 2. The SMILES string of the molecule is Cl.Cl.O=C(NCCCN1CCNCC1)c1ccc(N2CCCC2)nn1. The van der Waals surface area contributed by atoms with E-state index in [4.69, 9.17) is 0 Å². The topological polar surface area (TPSA) is 73.4 Å². The van der Waals surface area contributed by atoms with E-state index in [0.29, 0.717) is 12.2 Å². The average Bonchev–Trinajstić information content (AvgIpc) is 3.14. The van der Waals surface area contributed by atoms with E-state index in [9.17, 15) is 4.79 Å². The van der Waals surface area contributed by atoms with Gasteiger partial charge in [-0.3, -0.25) is 4.79 Å². The summed E-state index contributed by atoms with van der Waals surface area (Å²) >= 11 is 0. The molecule has 0 bridgehead atoms. The second-order valence-corrected chi connectivity index (χ2v) is 6.17. The van der Waals surface area contributed by atoms with Crippen molar-refractivity contribution in [1.29, 1.82) is 0 Å². The zero-order chi connectivity index (χ0) is 15.9. The summed E-state index contributed by atoms with van der Waals surface area (Å²) < 4.78 is 0. The molecule has 0 radical (unpaired) electrons. The lowest BCUT2D eigenvalue weighted by atomic mass is 10.3. The van der Waals surface area contributed by atoms with Crippen molar-refractivity contribution in [3.63, 3.8) is 0 Å². The maximum atomic E-state index is 12.1. The number of anilines is 1. The van der Waals surface area contributed by atoms with Gasteiger partial charge in [-0.05, 0) is 37.9 Å². The van der Waals surface area contributed by atoms with Crippen molar-refractivity contribution in [2.45, 2.75) is 19.3 Å². The molecule has 1 aromatic rings. The maximum Gasteiger partial charge on any atom is 0.271 e. The first kappa shape index (κ1) is 21.9. The van der Waals surface area contributed by atoms with Gasteiger partial charge in [0.2, 0.25) is 0 Å². The van der Waals surface area contributed by atoms with Gasteiger partial charge in [0, 0.05) is 45.8 Å². The maximum absolute atomic E-state index is 12.1. The van der Waals surface area contributed by atoms with Crippen molar-refractivity contribution in [2.24, 2.45) is 0 Å². The molecule has 142 valence electrons. The molecule has 25 heavy (non-hydrogen) atoms. The number of nitrogens with one attached hydrogen (secondary N) is 2. The Morgan fingerprint density at radius 2 is 1.80 bits per heavy atom. The Morgan fingerprint density at radius 3 is 2.44 bits per heavy atom. The highest BCUT2D eigenvalue weighted by atomic mass is 35.5. The number of hydrogen-bond donors (Lipinski definition) is 2. The zero-order valence-corrected chi connectivity index (χ0v) is 16.1. The zero-order valence-electron chi connectivity index (χ0n) is 14.4. The number of rotatable bonds is 6. The molecule has 2 saturated heterocycles. The first-order chi connectivity index (χ1) is 11.3. The van der Waals surface area contributed by atoms with Crippen LogP contribution in [-0.2, 0) is 0 Å². The third-order valence-electron chi connectivity index (χ3n) is 4.46. The summed E-state index contributed by atoms with van der Waals surface area (Å²) in [4.78, 5) is 16.7. The van der Waals surface area contributed by atoms with Gasteiger partial charge in [0.25, 0.3) is 5.91 Å². The van der Waals surface area contributed by atoms with Gasteiger partial charge in [-0.25, -0.2) is 0 Å². The molecular formula is C16H28Cl2N6O. The number of nitrogens with zero attached hydrogens (tertiary/aromatic N) is 4. The smallest absolute Gasteiger partial charge is 0.271 e. The van der Waals surface area contributed by atoms with Crippen LogP contribution in [0.15, 0.2) is 12.1 Å². The molecule has 0 aliphatic carbocycles. The second-order valence-electron chi connectivity index (χ2n) is 6.17. The summed E-state index contributed by atoms with van der Waals surface area (Å²) in [6.07, 6.45) is 3.37. The fourth-order valence-electron chi connectivity index (χ4n) is 3.09. The predicted molar refractivity (Wildman–Crippen MR) is 104 cm³/mol. The fourth-order valence-corrected chi connectivity index (χ4v) is 3.09. The first-order valence-corrected chi connectivity index (χ1v) is 8.63. The van der Waals surface area contributed by atoms with Crippen LogP contribution < -0.4 is 15.5 Å². The molecule has 3 rings (SSSR count). The van der Waals surface area contributed by atoms with E-state index in [2.05, 4.69) is 30.6 Å². The van der Waals surface area contributed by atoms with E-state index in [1.807, 2.05) is 6.07 Å². The highest BCUT2D eigenvalue weighted by molar-refractivity contribution is 5.92. The van der Waals surface area contributed by atoms with Crippen LogP contribution >= 0.6 is 24.8 Å². The molecule has 1 aromatic heterocycles. The first-order valence-electron chi connectivity index (χ1n) is 8.63. The number of piperazine rings is 1. The molecule has 1 amide bonds. The third-order valence-corrected chi connectivity index (χ3v) is 4.46. The summed E-state index contributed by atoms with van der Waals surface area (Å²) in [7, 11) is 0. The van der Waals surface area contributed by atoms with Crippen molar-refractivity contribution in [3.8, 4) is 0 Å². The molecular weight excluding hydrogens is 363 g/mol. The molecule has 0 unspecified atom stereocenters. The van der Waals surface area contributed by atoms with Gasteiger partial charge in [-0.2, -0.15) is 0 Å². The highest BCUT2D eigenvalue weighted by Gasteiger charge is 2.15. The Hall–Kier alpha value is -1.15. The van der Waals surface area contributed by atoms with Crippen molar-refractivity contribution >= 4 is 36.5 Å². The molecule has 2 aliphatic heterocycles. The van der Waals surface area contributed by atoms with Gasteiger partial charge >= 0.3 is 0 Å². The fraction of sp³-hybridized carbons (Fsp3) is 0.688. The van der Waals surface area contributed by atoms with Crippen LogP contribution in [-0.4, -0.2) is 73.4 Å². The lowest BCUT2D eigenvalue weighted by Crippen LogP contribution is -2.44. The number of hydrogen-bond acceptors (Lipinski definition) is 6. The van der Waals surface area contributed by atoms with E-state index in [1.54, 1.807) is 6.07 Å². The minimum Gasteiger partial charge on any atom is -0.355 e. The van der Waals surface area contributed by atoms with Gasteiger partial charge in [-0.1, -0.05) is 0 Å². The summed E-state index contributed by atoms with van der Waals surface area (Å²) in [6, 6.07) is 3.67. The largest absolute Gasteiger partial charge is 0.355 e. The monoisotopic (exact) mass is 390 g/mol. The van der Waals surface area contributed by atoms with Gasteiger partial charge in [0.05, 0.1) is 0 Å². The van der Waals surface area contributed by atoms with E-state index in [1.165, 1.54) is 12.8 Å². The van der Waals surface area contributed by atoms with Crippen molar-refractivity contribution in [3.05, 3.63) is 17.8 Å². The summed E-state index contributed by atoms with van der Waals surface area (Å²) in [5.74, 6) is 0.739. The van der Waals surface area contributed by atoms with Crippen LogP contribution in [0.1, 0.15) is 29.8 Å². The molecule has 2 N–H and O–H groups in total. The summed E-state index contributed by atoms with van der Waals surface area (Å²) in [5.41, 5.74) is 0.398. The lowest BCUT2D eigenvalue weighted by Gasteiger charge is -2.27. The number of carbonyl (C=O) groups is 1. The molecule has 0 aromatic carbocycles. The Balaban J connectivity index is 0.00000156. The average molecular weight is 391 g/mol. The van der Waals surface area contributed by atoms with Gasteiger partial charge in [0.1, 0.15) is 0 Å². The molecule has 2 aliphatic rings. The van der Waals surface area contributed by atoms with Crippen molar-refractivity contribution in [1.82, 2.24) is 25.7 Å². The second kappa shape index (κ2) is 11.5. The van der Waals surface area contributed by atoms with Crippen LogP contribution in [0.5, 0.6) is 0 Å². The van der Waals surface area contributed by atoms with Crippen LogP contribution in [0, 0.1) is 0 Å². The molecule has 9 heteroatoms. The van der Waals surface area contributed by atoms with Crippen LogP contribution in [0.4, 0.5) is 5.82 Å². The quantitative estimate of drug-likeness (QED) is 0.704. The van der Waals surface area contributed by atoms with E-state index in [-0.39, 0.29) is 30.7 Å². The van der Waals surface area contributed by atoms with E-state index >= 15 is 0 Å². The number of amides is 1. The molecule has 0 atom stereocenters. The standard InChI is InChI=1S/C16H26N6O.2ClH/c23-16(18-6-3-9-21-12-7-17-8-13-21)14-4-5-15(20-19-14)22-10-1-2-11-22;;/h4-5,17H,1-3,6-13H2,(H,18,23);2*1H. The Kier molecular flexibility index (Phi) is 10.0. The van der Waals surface area contributed by atoms with Gasteiger partial charge in [-0.15, -0.1) is 35.0 Å². The number of carbonyl (C=O) groups excluding carboxylic acids is 1. The minimum atomic E-state index is -0.134. The Labute approximate surface area is 161 Å². The van der Waals surface area contributed by atoms with Gasteiger partial charge in [0.15, 0.2) is 11.5 Å². The van der Waals surface area contributed by atoms with Crippen molar-refractivity contribution in [2.75, 3.05) is 57.3 Å². The van der Waals surface area contributed by atoms with E-state index < -0.39 is 0 Å². The van der Waals surface area contributed by atoms with Crippen LogP contribution in [0.2, 0.25) is 0 Å². The van der Waals surface area contributed by atoms with Gasteiger partial charge < -0.3 is 20.4 Å². The molecule has 2 fully saturated rings. The number of aromatic nitrogens is 2. The summed E-state index contributed by atoms with van der Waals surface area (Å²) in [6.45, 7) is 8.09. The molecule has 7 nitrogen and oxygen atoms in total. The minimum absolute atomic E-state index is 0. The Bertz CT molecular complexity index is 504. The highest BCUT2D eigenvalue weighted by Crippen LogP contribution is 2.16. The van der Waals surface area contributed by atoms with Crippen molar-refractivity contribution < 1.29 is 4.79 Å². The normalized spacial score (nSPS) is 17.5. The molecule has 3 heterocycles.